The molecule has 140 valence electrons. The van der Waals surface area contributed by atoms with Crippen molar-refractivity contribution in [2.24, 2.45) is 0 Å². The lowest BCUT2D eigenvalue weighted by molar-refractivity contribution is -0.117. The summed E-state index contributed by atoms with van der Waals surface area (Å²) in [6.07, 6.45) is 2.73. The number of amides is 1. The first kappa shape index (κ1) is 18.1. The predicted octanol–water partition coefficient (Wildman–Crippen LogP) is 5.32. The Morgan fingerprint density at radius 3 is 2.81 bits per heavy atom. The molecular weight excluding hydrogens is 358 g/mol. The Balaban J connectivity index is 1.68. The SMILES string of the molecule is CCCCn1c(C2CC(=O)N(c3ccc(Cl)c(C)c3)C2)nc2ccccc21. The highest BCUT2D eigenvalue weighted by atomic mass is 35.5. The summed E-state index contributed by atoms with van der Waals surface area (Å²) in [5, 5.41) is 0.725. The third kappa shape index (κ3) is 3.34. The Hall–Kier alpha value is -2.33. The van der Waals surface area contributed by atoms with Crippen molar-refractivity contribution >= 4 is 34.2 Å². The number of anilines is 1. The zero-order chi connectivity index (χ0) is 19.0. The maximum Gasteiger partial charge on any atom is 0.227 e. The first-order valence-electron chi connectivity index (χ1n) is 9.60. The number of aromatic nitrogens is 2. The minimum absolute atomic E-state index is 0.109. The highest BCUT2D eigenvalue weighted by molar-refractivity contribution is 6.31. The van der Waals surface area contributed by atoms with E-state index in [2.05, 4.69) is 29.7 Å². The molecule has 0 aliphatic carbocycles. The van der Waals surface area contributed by atoms with Crippen molar-refractivity contribution in [1.82, 2.24) is 9.55 Å². The van der Waals surface area contributed by atoms with Gasteiger partial charge < -0.3 is 9.47 Å². The summed E-state index contributed by atoms with van der Waals surface area (Å²) >= 11 is 6.15. The zero-order valence-corrected chi connectivity index (χ0v) is 16.5. The Labute approximate surface area is 164 Å². The summed E-state index contributed by atoms with van der Waals surface area (Å²) in [5.41, 5.74) is 4.08. The van der Waals surface area contributed by atoms with E-state index in [0.29, 0.717) is 13.0 Å². The van der Waals surface area contributed by atoms with Crippen LogP contribution in [0, 0.1) is 6.92 Å². The number of halogens is 1. The molecule has 5 heteroatoms. The van der Waals surface area contributed by atoms with Gasteiger partial charge in [0.05, 0.1) is 11.0 Å². The summed E-state index contributed by atoms with van der Waals surface area (Å²) < 4.78 is 2.31. The van der Waals surface area contributed by atoms with Gasteiger partial charge in [-0.1, -0.05) is 37.1 Å². The van der Waals surface area contributed by atoms with Gasteiger partial charge in [-0.15, -0.1) is 0 Å². The van der Waals surface area contributed by atoms with E-state index in [-0.39, 0.29) is 11.8 Å². The van der Waals surface area contributed by atoms with Crippen LogP contribution >= 0.6 is 11.6 Å². The van der Waals surface area contributed by atoms with Crippen LogP contribution in [0.2, 0.25) is 5.02 Å². The number of para-hydroxylation sites is 2. The summed E-state index contributed by atoms with van der Waals surface area (Å²) in [6, 6.07) is 14.0. The number of imidazole rings is 1. The van der Waals surface area contributed by atoms with E-state index < -0.39 is 0 Å². The van der Waals surface area contributed by atoms with Crippen molar-refractivity contribution in [3.05, 3.63) is 58.9 Å². The Kier molecular flexibility index (Phi) is 4.92. The van der Waals surface area contributed by atoms with Gasteiger partial charge in [-0.25, -0.2) is 4.98 Å². The van der Waals surface area contributed by atoms with E-state index >= 15 is 0 Å². The van der Waals surface area contributed by atoms with E-state index in [0.717, 1.165) is 52.5 Å². The molecule has 1 aliphatic heterocycles. The van der Waals surface area contributed by atoms with Crippen LogP contribution in [0.5, 0.6) is 0 Å². The lowest BCUT2D eigenvalue weighted by Gasteiger charge is -2.18. The second kappa shape index (κ2) is 7.35. The van der Waals surface area contributed by atoms with Crippen molar-refractivity contribution < 1.29 is 4.79 Å². The molecule has 1 aromatic heterocycles. The van der Waals surface area contributed by atoms with Crippen LogP contribution in [0.1, 0.15) is 43.5 Å². The minimum atomic E-state index is 0.109. The van der Waals surface area contributed by atoms with Gasteiger partial charge in [0.25, 0.3) is 0 Å². The topological polar surface area (TPSA) is 38.1 Å². The van der Waals surface area contributed by atoms with E-state index in [9.17, 15) is 4.79 Å². The highest BCUT2D eigenvalue weighted by Crippen LogP contribution is 2.34. The standard InChI is InChI=1S/C22H24ClN3O/c1-3-4-11-25-20-8-6-5-7-19(20)24-22(25)16-13-21(27)26(14-16)17-9-10-18(23)15(2)12-17/h5-10,12,16H,3-4,11,13-14H2,1-2H3. The Bertz CT molecular complexity index is 994. The van der Waals surface area contributed by atoms with Crippen LogP contribution in [0.25, 0.3) is 11.0 Å². The Morgan fingerprint density at radius 1 is 1.22 bits per heavy atom. The van der Waals surface area contributed by atoms with E-state index in [1.165, 1.54) is 0 Å². The van der Waals surface area contributed by atoms with Crippen molar-refractivity contribution in [3.63, 3.8) is 0 Å². The second-order valence-corrected chi connectivity index (χ2v) is 7.71. The number of fused-ring (bicyclic) bond motifs is 1. The molecule has 1 unspecified atom stereocenters. The van der Waals surface area contributed by atoms with Crippen LogP contribution in [-0.4, -0.2) is 22.0 Å². The van der Waals surface area contributed by atoms with E-state index in [4.69, 9.17) is 16.6 Å². The first-order chi connectivity index (χ1) is 13.1. The monoisotopic (exact) mass is 381 g/mol. The maximum atomic E-state index is 12.8. The van der Waals surface area contributed by atoms with Crippen LogP contribution in [0.3, 0.4) is 0 Å². The largest absolute Gasteiger partial charge is 0.328 e. The molecule has 3 aromatic rings. The van der Waals surface area contributed by atoms with Gasteiger partial charge in [0.2, 0.25) is 5.91 Å². The quantitative estimate of drug-likeness (QED) is 0.600. The summed E-state index contributed by atoms with van der Waals surface area (Å²) in [4.78, 5) is 19.5. The molecule has 2 heterocycles. The normalized spacial score (nSPS) is 17.2. The fourth-order valence-corrected chi connectivity index (χ4v) is 4.00. The number of hydrogen-bond donors (Lipinski definition) is 0. The summed E-state index contributed by atoms with van der Waals surface area (Å²) in [7, 11) is 0. The molecule has 0 N–H and O–H groups in total. The lowest BCUT2D eigenvalue weighted by Crippen LogP contribution is -2.24. The fourth-order valence-electron chi connectivity index (χ4n) is 3.88. The van der Waals surface area contributed by atoms with Crippen LogP contribution in [-0.2, 0) is 11.3 Å². The third-order valence-corrected chi connectivity index (χ3v) is 5.79. The molecule has 1 amide bonds. The molecule has 1 atom stereocenters. The van der Waals surface area contributed by atoms with Gasteiger partial charge in [0.15, 0.2) is 0 Å². The summed E-state index contributed by atoms with van der Waals surface area (Å²) in [5.74, 6) is 1.29. The number of aryl methyl sites for hydroxylation is 2. The summed E-state index contributed by atoms with van der Waals surface area (Å²) in [6.45, 7) is 5.77. The molecule has 1 fully saturated rings. The van der Waals surface area contributed by atoms with Crippen LogP contribution < -0.4 is 4.90 Å². The molecule has 27 heavy (non-hydrogen) atoms. The molecule has 0 saturated carbocycles. The molecule has 1 saturated heterocycles. The molecular formula is C22H24ClN3O. The average molecular weight is 382 g/mol. The number of carbonyl (C=O) groups is 1. The molecule has 0 radical (unpaired) electrons. The van der Waals surface area contributed by atoms with Gasteiger partial charge in [0.1, 0.15) is 5.82 Å². The molecule has 0 bridgehead atoms. The molecule has 4 nitrogen and oxygen atoms in total. The second-order valence-electron chi connectivity index (χ2n) is 7.30. The molecule has 1 aliphatic rings. The van der Waals surface area contributed by atoms with Gasteiger partial charge in [0, 0.05) is 36.1 Å². The fraction of sp³-hybridized carbons (Fsp3) is 0.364. The predicted molar refractivity (Wildman–Crippen MR) is 111 cm³/mol. The van der Waals surface area contributed by atoms with Crippen LogP contribution in [0.4, 0.5) is 5.69 Å². The van der Waals surface area contributed by atoms with Gasteiger partial charge in [-0.05, 0) is 49.2 Å². The number of hydrogen-bond acceptors (Lipinski definition) is 2. The number of unbranched alkanes of at least 4 members (excludes halogenated alkanes) is 1. The van der Waals surface area contributed by atoms with Gasteiger partial charge in [-0.2, -0.15) is 0 Å². The number of nitrogens with zero attached hydrogens (tertiary/aromatic N) is 3. The van der Waals surface area contributed by atoms with Gasteiger partial charge >= 0.3 is 0 Å². The van der Waals surface area contributed by atoms with Crippen molar-refractivity contribution in [3.8, 4) is 0 Å². The number of rotatable bonds is 5. The molecule has 2 aromatic carbocycles. The zero-order valence-electron chi connectivity index (χ0n) is 15.8. The van der Waals surface area contributed by atoms with Crippen molar-refractivity contribution in [2.75, 3.05) is 11.4 Å². The number of benzene rings is 2. The lowest BCUT2D eigenvalue weighted by atomic mass is 10.1. The smallest absolute Gasteiger partial charge is 0.227 e. The number of carbonyl (C=O) groups excluding carboxylic acids is 1. The third-order valence-electron chi connectivity index (χ3n) is 5.36. The van der Waals surface area contributed by atoms with Gasteiger partial charge in [-0.3, -0.25) is 4.79 Å². The van der Waals surface area contributed by atoms with E-state index in [1.807, 2.05) is 36.1 Å². The average Bonchev–Trinajstić information content (AvgIpc) is 3.23. The maximum absolute atomic E-state index is 12.8. The highest BCUT2D eigenvalue weighted by Gasteiger charge is 2.34. The Morgan fingerprint density at radius 2 is 2.04 bits per heavy atom. The van der Waals surface area contributed by atoms with Crippen LogP contribution in [0.15, 0.2) is 42.5 Å². The van der Waals surface area contributed by atoms with Crippen molar-refractivity contribution in [1.29, 1.82) is 0 Å². The van der Waals surface area contributed by atoms with Crippen molar-refractivity contribution in [2.45, 2.75) is 45.6 Å². The molecule has 0 spiro atoms. The molecule has 4 rings (SSSR count). The first-order valence-corrected chi connectivity index (χ1v) is 9.98. The minimum Gasteiger partial charge on any atom is -0.328 e. The van der Waals surface area contributed by atoms with E-state index in [1.54, 1.807) is 0 Å².